The molecular weight excluding hydrogens is 304 g/mol. The molecule has 0 bridgehead atoms. The van der Waals surface area contributed by atoms with E-state index in [0.717, 1.165) is 22.3 Å². The summed E-state index contributed by atoms with van der Waals surface area (Å²) in [6, 6.07) is 15.0. The molecule has 3 rings (SSSR count). The van der Waals surface area contributed by atoms with Crippen molar-refractivity contribution in [1.82, 2.24) is 5.32 Å². The van der Waals surface area contributed by atoms with E-state index in [9.17, 15) is 9.59 Å². The minimum Gasteiger partial charge on any atom is -0.372 e. The second-order valence-electron chi connectivity index (χ2n) is 5.74. The van der Waals surface area contributed by atoms with E-state index < -0.39 is 11.9 Å². The molecule has 2 aromatic rings. The Bertz CT molecular complexity index is 727. The van der Waals surface area contributed by atoms with Crippen molar-refractivity contribution in [2.45, 2.75) is 18.9 Å². The van der Waals surface area contributed by atoms with Crippen LogP contribution in [0.5, 0.6) is 0 Å². The molecule has 2 amide bonds. The first-order valence-electron chi connectivity index (χ1n) is 7.98. The van der Waals surface area contributed by atoms with E-state index in [2.05, 4.69) is 5.32 Å². The van der Waals surface area contributed by atoms with Crippen molar-refractivity contribution in [2.75, 3.05) is 13.2 Å². The highest BCUT2D eigenvalue weighted by atomic mass is 16.5. The molecule has 0 aliphatic heterocycles. The quantitative estimate of drug-likeness (QED) is 0.850. The molecular formula is C19H20N2O3. The number of hydrogen-bond donors (Lipinski definition) is 2. The number of rotatable bonds is 6. The molecule has 1 atom stereocenters. The van der Waals surface area contributed by atoms with Gasteiger partial charge in [-0.15, -0.1) is 0 Å². The normalized spacial score (nSPS) is 13.9. The fraction of sp³-hybridized carbons (Fsp3) is 0.263. The minimum absolute atomic E-state index is 0.0870. The summed E-state index contributed by atoms with van der Waals surface area (Å²) in [7, 11) is 0. The fourth-order valence-electron chi connectivity index (χ4n) is 3.28. The molecule has 0 unspecified atom stereocenters. The van der Waals surface area contributed by atoms with Crippen molar-refractivity contribution < 1.29 is 14.3 Å². The van der Waals surface area contributed by atoms with Gasteiger partial charge in [0.2, 0.25) is 11.8 Å². The Balaban J connectivity index is 1.99. The first-order chi connectivity index (χ1) is 11.6. The van der Waals surface area contributed by atoms with Gasteiger partial charge in [0.25, 0.3) is 0 Å². The third-order valence-electron chi connectivity index (χ3n) is 4.28. The van der Waals surface area contributed by atoms with E-state index >= 15 is 0 Å². The Morgan fingerprint density at radius 2 is 1.62 bits per heavy atom. The maximum atomic E-state index is 12.1. The van der Waals surface area contributed by atoms with Crippen molar-refractivity contribution in [3.05, 3.63) is 59.7 Å². The number of carbonyl (C=O) groups excluding carboxylic acids is 2. The van der Waals surface area contributed by atoms with Gasteiger partial charge in [-0.25, -0.2) is 0 Å². The molecule has 5 nitrogen and oxygen atoms in total. The molecule has 0 saturated carbocycles. The molecule has 0 radical (unpaired) electrons. The zero-order valence-corrected chi connectivity index (χ0v) is 13.5. The molecule has 1 aliphatic carbocycles. The summed E-state index contributed by atoms with van der Waals surface area (Å²) in [5.41, 5.74) is 9.76. The Kier molecular flexibility index (Phi) is 4.62. The molecule has 0 saturated heterocycles. The van der Waals surface area contributed by atoms with E-state index in [-0.39, 0.29) is 18.4 Å². The van der Waals surface area contributed by atoms with Crippen LogP contribution in [0.4, 0.5) is 0 Å². The maximum Gasteiger partial charge on any atom is 0.246 e. The standard InChI is InChI=1S/C19H20N2O3/c1-2-24-11-16(22)21-18(19(20)23)17-14-9-5-3-7-12(14)13-8-4-6-10-15(13)17/h3-10,17-18H,2,11H2,1H3,(H2,20,23)(H,21,22)/t18-/m0/s1. The highest BCUT2D eigenvalue weighted by Crippen LogP contribution is 2.46. The molecule has 0 fully saturated rings. The molecule has 2 aromatic carbocycles. The number of ether oxygens (including phenoxy) is 1. The van der Waals surface area contributed by atoms with E-state index in [4.69, 9.17) is 10.5 Å². The summed E-state index contributed by atoms with van der Waals surface area (Å²) < 4.78 is 5.11. The lowest BCUT2D eigenvalue weighted by molar-refractivity contribution is -0.130. The van der Waals surface area contributed by atoms with Gasteiger partial charge in [0.1, 0.15) is 12.6 Å². The first kappa shape index (κ1) is 16.2. The summed E-state index contributed by atoms with van der Waals surface area (Å²) in [5.74, 6) is -1.20. The number of fused-ring (bicyclic) bond motifs is 3. The number of benzene rings is 2. The third kappa shape index (κ3) is 2.90. The van der Waals surface area contributed by atoms with Crippen LogP contribution in [0.1, 0.15) is 24.0 Å². The van der Waals surface area contributed by atoms with Gasteiger partial charge >= 0.3 is 0 Å². The Labute approximate surface area is 140 Å². The van der Waals surface area contributed by atoms with Crippen LogP contribution in [0.15, 0.2) is 48.5 Å². The summed E-state index contributed by atoms with van der Waals surface area (Å²) in [5, 5.41) is 2.74. The predicted octanol–water partition coefficient (Wildman–Crippen LogP) is 1.81. The lowest BCUT2D eigenvalue weighted by Crippen LogP contribution is -2.49. The van der Waals surface area contributed by atoms with Gasteiger partial charge in [-0.3, -0.25) is 9.59 Å². The Hall–Kier alpha value is -2.66. The van der Waals surface area contributed by atoms with E-state index in [1.165, 1.54) is 0 Å². The second-order valence-corrected chi connectivity index (χ2v) is 5.74. The average molecular weight is 324 g/mol. The highest BCUT2D eigenvalue weighted by Gasteiger charge is 2.37. The molecule has 24 heavy (non-hydrogen) atoms. The topological polar surface area (TPSA) is 81.4 Å². The largest absolute Gasteiger partial charge is 0.372 e. The molecule has 5 heteroatoms. The summed E-state index contributed by atoms with van der Waals surface area (Å²) >= 11 is 0. The molecule has 124 valence electrons. The Morgan fingerprint density at radius 3 is 2.12 bits per heavy atom. The summed E-state index contributed by atoms with van der Waals surface area (Å²) in [6.07, 6.45) is 0. The van der Waals surface area contributed by atoms with Gasteiger partial charge in [-0.05, 0) is 29.2 Å². The first-order valence-corrected chi connectivity index (χ1v) is 7.98. The van der Waals surface area contributed by atoms with Crippen LogP contribution in [0.3, 0.4) is 0 Å². The molecule has 0 aromatic heterocycles. The smallest absolute Gasteiger partial charge is 0.246 e. The van der Waals surface area contributed by atoms with Crippen LogP contribution >= 0.6 is 0 Å². The van der Waals surface area contributed by atoms with Crippen molar-refractivity contribution in [3.8, 4) is 11.1 Å². The van der Waals surface area contributed by atoms with E-state index in [1.807, 2.05) is 55.5 Å². The number of nitrogens with two attached hydrogens (primary N) is 1. The molecule has 1 aliphatic rings. The zero-order chi connectivity index (χ0) is 17.1. The van der Waals surface area contributed by atoms with E-state index in [0.29, 0.717) is 6.61 Å². The van der Waals surface area contributed by atoms with Gasteiger partial charge in [-0.1, -0.05) is 48.5 Å². The molecule has 0 spiro atoms. The van der Waals surface area contributed by atoms with Crippen LogP contribution in [0, 0.1) is 0 Å². The SMILES string of the molecule is CCOCC(=O)N[C@H](C(N)=O)C1c2ccccc2-c2ccccc21. The fourth-order valence-corrected chi connectivity index (χ4v) is 3.28. The minimum atomic E-state index is -0.817. The predicted molar refractivity (Wildman–Crippen MR) is 91.3 cm³/mol. The highest BCUT2D eigenvalue weighted by molar-refractivity contribution is 5.91. The lowest BCUT2D eigenvalue weighted by Gasteiger charge is -2.24. The maximum absolute atomic E-state index is 12.1. The monoisotopic (exact) mass is 324 g/mol. The number of carbonyl (C=O) groups is 2. The van der Waals surface area contributed by atoms with Crippen molar-refractivity contribution in [1.29, 1.82) is 0 Å². The average Bonchev–Trinajstić information content (AvgIpc) is 2.92. The summed E-state index contributed by atoms with van der Waals surface area (Å²) in [4.78, 5) is 24.1. The van der Waals surface area contributed by atoms with Crippen LogP contribution < -0.4 is 11.1 Å². The van der Waals surface area contributed by atoms with Crippen LogP contribution in [-0.4, -0.2) is 31.1 Å². The van der Waals surface area contributed by atoms with Crippen molar-refractivity contribution in [3.63, 3.8) is 0 Å². The summed E-state index contributed by atoms with van der Waals surface area (Å²) in [6.45, 7) is 2.16. The van der Waals surface area contributed by atoms with Gasteiger partial charge in [0, 0.05) is 12.5 Å². The van der Waals surface area contributed by atoms with Crippen LogP contribution in [-0.2, 0) is 14.3 Å². The van der Waals surface area contributed by atoms with Gasteiger partial charge in [0.05, 0.1) is 0 Å². The second kappa shape index (κ2) is 6.84. The van der Waals surface area contributed by atoms with Crippen molar-refractivity contribution >= 4 is 11.8 Å². The van der Waals surface area contributed by atoms with Crippen molar-refractivity contribution in [2.24, 2.45) is 5.73 Å². The molecule has 3 N–H and O–H groups in total. The number of hydrogen-bond acceptors (Lipinski definition) is 3. The van der Waals surface area contributed by atoms with Crippen LogP contribution in [0.25, 0.3) is 11.1 Å². The zero-order valence-electron chi connectivity index (χ0n) is 13.5. The van der Waals surface area contributed by atoms with Gasteiger partial charge in [0.15, 0.2) is 0 Å². The van der Waals surface area contributed by atoms with Crippen LogP contribution in [0.2, 0.25) is 0 Å². The molecule has 0 heterocycles. The third-order valence-corrected chi connectivity index (χ3v) is 4.28. The van der Waals surface area contributed by atoms with E-state index in [1.54, 1.807) is 0 Å². The van der Waals surface area contributed by atoms with Gasteiger partial charge < -0.3 is 15.8 Å². The Morgan fingerprint density at radius 1 is 1.08 bits per heavy atom. The number of amides is 2. The number of primary amides is 1. The van der Waals surface area contributed by atoms with Gasteiger partial charge in [-0.2, -0.15) is 0 Å². The number of nitrogens with one attached hydrogen (secondary N) is 1. The lowest BCUT2D eigenvalue weighted by atomic mass is 9.89.